The van der Waals surface area contributed by atoms with Crippen LogP contribution in [0.5, 0.6) is 5.75 Å². The molecule has 4 aromatic rings. The summed E-state index contributed by atoms with van der Waals surface area (Å²) in [6.45, 7) is 5.56. The SMILES string of the molecule is CCOc1ccc(-n2c(N)nc3cc(NCc4ccc(CC)cc4)ccc32)cc1. The molecule has 0 radical (unpaired) electrons. The first-order chi connectivity index (χ1) is 14.2. The highest BCUT2D eigenvalue weighted by molar-refractivity contribution is 5.84. The van der Waals surface area contributed by atoms with Crippen molar-refractivity contribution in [2.45, 2.75) is 26.8 Å². The molecule has 3 aromatic carbocycles. The molecular formula is C24H26N4O. The average molecular weight is 386 g/mol. The minimum atomic E-state index is 0.469. The first-order valence-corrected chi connectivity index (χ1v) is 10.0. The van der Waals surface area contributed by atoms with Gasteiger partial charge in [0.1, 0.15) is 5.75 Å². The molecule has 148 valence electrons. The van der Waals surface area contributed by atoms with Gasteiger partial charge in [-0.3, -0.25) is 4.57 Å². The van der Waals surface area contributed by atoms with Gasteiger partial charge in [-0.05, 0) is 66.9 Å². The number of hydrogen-bond donors (Lipinski definition) is 2. The Morgan fingerprint density at radius 3 is 2.34 bits per heavy atom. The van der Waals surface area contributed by atoms with Crippen molar-refractivity contribution < 1.29 is 4.74 Å². The maximum absolute atomic E-state index is 6.22. The van der Waals surface area contributed by atoms with Crippen molar-refractivity contribution in [1.82, 2.24) is 9.55 Å². The monoisotopic (exact) mass is 386 g/mol. The smallest absolute Gasteiger partial charge is 0.205 e. The number of hydrogen-bond acceptors (Lipinski definition) is 4. The molecule has 0 amide bonds. The number of ether oxygens (including phenoxy) is 1. The number of nitrogens with one attached hydrogen (secondary N) is 1. The molecule has 0 unspecified atom stereocenters. The van der Waals surface area contributed by atoms with Crippen LogP contribution in [-0.4, -0.2) is 16.2 Å². The van der Waals surface area contributed by atoms with E-state index in [2.05, 4.69) is 53.6 Å². The number of imidazole rings is 1. The van der Waals surface area contributed by atoms with Gasteiger partial charge >= 0.3 is 0 Å². The molecule has 5 heteroatoms. The second-order valence-electron chi connectivity index (χ2n) is 6.96. The van der Waals surface area contributed by atoms with Crippen LogP contribution >= 0.6 is 0 Å². The second-order valence-corrected chi connectivity index (χ2v) is 6.96. The molecule has 0 bridgehead atoms. The Morgan fingerprint density at radius 1 is 0.931 bits per heavy atom. The van der Waals surface area contributed by atoms with E-state index in [1.54, 1.807) is 0 Å². The highest BCUT2D eigenvalue weighted by atomic mass is 16.5. The van der Waals surface area contributed by atoms with Gasteiger partial charge in [0.05, 0.1) is 17.6 Å². The summed E-state index contributed by atoms with van der Waals surface area (Å²) in [6, 6.07) is 22.7. The normalized spacial score (nSPS) is 11.0. The largest absolute Gasteiger partial charge is 0.494 e. The van der Waals surface area contributed by atoms with Crippen molar-refractivity contribution in [1.29, 1.82) is 0 Å². The first-order valence-electron chi connectivity index (χ1n) is 10.0. The molecule has 0 saturated carbocycles. The number of aryl methyl sites for hydroxylation is 1. The van der Waals surface area contributed by atoms with E-state index in [-0.39, 0.29) is 0 Å². The second kappa shape index (κ2) is 8.27. The van der Waals surface area contributed by atoms with E-state index in [0.29, 0.717) is 12.6 Å². The number of anilines is 2. The van der Waals surface area contributed by atoms with Gasteiger partial charge in [-0.1, -0.05) is 31.2 Å². The number of nitrogen functional groups attached to an aromatic ring is 1. The third-order valence-electron chi connectivity index (χ3n) is 5.01. The molecule has 0 aliphatic carbocycles. The zero-order valence-electron chi connectivity index (χ0n) is 16.9. The zero-order valence-corrected chi connectivity index (χ0v) is 16.9. The summed E-state index contributed by atoms with van der Waals surface area (Å²) in [6.07, 6.45) is 1.06. The van der Waals surface area contributed by atoms with Crippen LogP contribution in [0.1, 0.15) is 25.0 Å². The maximum atomic E-state index is 6.22. The number of rotatable bonds is 7. The molecule has 5 nitrogen and oxygen atoms in total. The van der Waals surface area contributed by atoms with Crippen molar-refractivity contribution in [3.63, 3.8) is 0 Å². The third kappa shape index (κ3) is 4.04. The van der Waals surface area contributed by atoms with Crippen LogP contribution in [0.2, 0.25) is 0 Å². The lowest BCUT2D eigenvalue weighted by Crippen LogP contribution is -2.01. The number of fused-ring (bicyclic) bond motifs is 1. The summed E-state index contributed by atoms with van der Waals surface area (Å²) in [5, 5.41) is 3.47. The standard InChI is InChI=1S/C24H26N4O/c1-3-17-5-7-18(8-6-17)16-26-19-9-14-23-22(15-19)27-24(25)28(23)20-10-12-21(13-11-20)29-4-2/h5-15,26H,3-4,16H2,1-2H3,(H2,25,27). The van der Waals surface area contributed by atoms with Crippen LogP contribution in [-0.2, 0) is 13.0 Å². The van der Waals surface area contributed by atoms with Gasteiger partial charge < -0.3 is 15.8 Å². The highest BCUT2D eigenvalue weighted by Gasteiger charge is 2.11. The molecule has 0 aliphatic heterocycles. The van der Waals surface area contributed by atoms with Gasteiger partial charge in [-0.15, -0.1) is 0 Å². The fraction of sp³-hybridized carbons (Fsp3) is 0.208. The van der Waals surface area contributed by atoms with Crippen LogP contribution in [0.3, 0.4) is 0 Å². The van der Waals surface area contributed by atoms with Crippen molar-refractivity contribution in [3.8, 4) is 11.4 Å². The van der Waals surface area contributed by atoms with Gasteiger partial charge in [0.15, 0.2) is 0 Å². The third-order valence-corrected chi connectivity index (χ3v) is 5.01. The Bertz CT molecular complexity index is 1100. The summed E-state index contributed by atoms with van der Waals surface area (Å²) in [5.74, 6) is 1.31. The molecule has 0 atom stereocenters. The Morgan fingerprint density at radius 2 is 1.66 bits per heavy atom. The minimum absolute atomic E-state index is 0.469. The Balaban J connectivity index is 1.55. The van der Waals surface area contributed by atoms with Gasteiger partial charge in [0.2, 0.25) is 5.95 Å². The molecule has 0 spiro atoms. The lowest BCUT2D eigenvalue weighted by molar-refractivity contribution is 0.340. The van der Waals surface area contributed by atoms with Gasteiger partial charge in [0.25, 0.3) is 0 Å². The lowest BCUT2D eigenvalue weighted by Gasteiger charge is -2.10. The van der Waals surface area contributed by atoms with E-state index in [1.807, 2.05) is 41.8 Å². The molecule has 0 aliphatic rings. The molecule has 0 saturated heterocycles. The number of nitrogens with two attached hydrogens (primary N) is 1. The van der Waals surface area contributed by atoms with Crippen molar-refractivity contribution in [2.24, 2.45) is 0 Å². The Hall–Kier alpha value is -3.47. The Labute approximate surface area is 171 Å². The molecule has 3 N–H and O–H groups in total. The van der Waals surface area contributed by atoms with Crippen LogP contribution in [0.25, 0.3) is 16.7 Å². The van der Waals surface area contributed by atoms with Crippen molar-refractivity contribution >= 4 is 22.7 Å². The summed E-state index contributed by atoms with van der Waals surface area (Å²) >= 11 is 0. The minimum Gasteiger partial charge on any atom is -0.494 e. The van der Waals surface area contributed by atoms with Crippen LogP contribution < -0.4 is 15.8 Å². The maximum Gasteiger partial charge on any atom is 0.205 e. The average Bonchev–Trinajstić information content (AvgIpc) is 3.08. The summed E-state index contributed by atoms with van der Waals surface area (Å²) in [4.78, 5) is 4.56. The van der Waals surface area contributed by atoms with E-state index in [9.17, 15) is 0 Å². The Kier molecular flexibility index (Phi) is 5.38. The predicted octanol–water partition coefficient (Wildman–Crippen LogP) is 5.18. The predicted molar refractivity (Wildman–Crippen MR) is 120 cm³/mol. The summed E-state index contributed by atoms with van der Waals surface area (Å²) < 4.78 is 7.48. The number of benzene rings is 3. The fourth-order valence-electron chi connectivity index (χ4n) is 3.44. The van der Waals surface area contributed by atoms with Gasteiger partial charge in [0, 0.05) is 17.9 Å². The molecule has 1 aromatic heterocycles. The first kappa shape index (κ1) is 18.9. The van der Waals surface area contributed by atoms with Crippen LogP contribution in [0.4, 0.5) is 11.6 Å². The van der Waals surface area contributed by atoms with E-state index >= 15 is 0 Å². The molecular weight excluding hydrogens is 360 g/mol. The molecule has 4 rings (SSSR count). The highest BCUT2D eigenvalue weighted by Crippen LogP contribution is 2.27. The lowest BCUT2D eigenvalue weighted by atomic mass is 10.1. The van der Waals surface area contributed by atoms with E-state index < -0.39 is 0 Å². The van der Waals surface area contributed by atoms with Crippen molar-refractivity contribution in [3.05, 3.63) is 77.9 Å². The van der Waals surface area contributed by atoms with E-state index in [4.69, 9.17) is 10.5 Å². The number of nitrogens with zero attached hydrogens (tertiary/aromatic N) is 2. The fourth-order valence-corrected chi connectivity index (χ4v) is 3.44. The molecule has 1 heterocycles. The quantitative estimate of drug-likeness (QED) is 0.459. The topological polar surface area (TPSA) is 65.1 Å². The van der Waals surface area contributed by atoms with Gasteiger partial charge in [-0.2, -0.15) is 0 Å². The van der Waals surface area contributed by atoms with Gasteiger partial charge in [-0.25, -0.2) is 4.98 Å². The van der Waals surface area contributed by atoms with E-state index in [0.717, 1.165) is 41.1 Å². The zero-order chi connectivity index (χ0) is 20.2. The van der Waals surface area contributed by atoms with Crippen LogP contribution in [0, 0.1) is 0 Å². The van der Waals surface area contributed by atoms with Crippen LogP contribution in [0.15, 0.2) is 66.7 Å². The van der Waals surface area contributed by atoms with E-state index in [1.165, 1.54) is 11.1 Å². The summed E-state index contributed by atoms with van der Waals surface area (Å²) in [5.41, 5.74) is 12.7. The number of aromatic nitrogens is 2. The molecule has 0 fully saturated rings. The van der Waals surface area contributed by atoms with Crippen molar-refractivity contribution in [2.75, 3.05) is 17.7 Å². The summed E-state index contributed by atoms with van der Waals surface area (Å²) in [7, 11) is 0. The molecule has 29 heavy (non-hydrogen) atoms.